The fourth-order valence-electron chi connectivity index (χ4n) is 5.10. The molecule has 11 nitrogen and oxygen atoms in total. The van der Waals surface area contributed by atoms with Crippen LogP contribution in [0.4, 0.5) is 0 Å². The number of Topliss-reactive ketones (excluding diaryl/α,β-unsaturated/α-hetero) is 4. The number of carbonyl (C=O) groups excluding carboxylic acids is 6. The van der Waals surface area contributed by atoms with Crippen molar-refractivity contribution in [1.82, 2.24) is 15.1 Å². The summed E-state index contributed by atoms with van der Waals surface area (Å²) in [5, 5.41) is 11.9. The summed E-state index contributed by atoms with van der Waals surface area (Å²) in [6, 6.07) is 4.61. The normalized spacial score (nSPS) is 16.1. The Kier molecular flexibility index (Phi) is 13.1. The number of likely N-dealkylation sites (N-methyl/N-ethyl adjacent to an activating group) is 1. The lowest BCUT2D eigenvalue weighted by Gasteiger charge is -2.32. The molecule has 1 heterocycles. The van der Waals surface area contributed by atoms with Gasteiger partial charge in [0.15, 0.2) is 17.3 Å². The smallest absolute Gasteiger partial charge is 0.335 e. The molecule has 1 aromatic rings. The number of carboxylic acid groups (broad SMARTS) is 1. The van der Waals surface area contributed by atoms with E-state index in [0.29, 0.717) is 13.1 Å². The van der Waals surface area contributed by atoms with Crippen molar-refractivity contribution in [1.29, 1.82) is 0 Å². The lowest BCUT2D eigenvalue weighted by molar-refractivity contribution is -0.142. The predicted molar refractivity (Wildman–Crippen MR) is 164 cm³/mol. The van der Waals surface area contributed by atoms with Gasteiger partial charge in [-0.2, -0.15) is 0 Å². The van der Waals surface area contributed by atoms with Crippen molar-refractivity contribution in [2.45, 2.75) is 73.3 Å². The second kappa shape index (κ2) is 15.8. The van der Waals surface area contributed by atoms with E-state index in [0.717, 1.165) is 13.1 Å². The lowest BCUT2D eigenvalue weighted by Crippen LogP contribution is -2.47. The Morgan fingerprint density at radius 1 is 0.886 bits per heavy atom. The molecule has 11 heteroatoms. The van der Waals surface area contributed by atoms with E-state index in [9.17, 15) is 38.7 Å². The van der Waals surface area contributed by atoms with Crippen LogP contribution in [0.5, 0.6) is 0 Å². The third-order valence-corrected chi connectivity index (χ3v) is 8.28. The molecular weight excluding hydrogens is 566 g/mol. The Hall–Kier alpha value is -3.73. The minimum absolute atomic E-state index is 0.0406. The first kappa shape index (κ1) is 36.5. The van der Waals surface area contributed by atoms with Crippen LogP contribution in [0, 0.1) is 23.2 Å². The van der Waals surface area contributed by atoms with Gasteiger partial charge in [-0.15, -0.1) is 0 Å². The van der Waals surface area contributed by atoms with E-state index in [-0.39, 0.29) is 48.6 Å². The summed E-state index contributed by atoms with van der Waals surface area (Å²) in [5.74, 6) is -6.13. The maximum Gasteiger partial charge on any atom is 0.335 e. The van der Waals surface area contributed by atoms with Gasteiger partial charge in [-0.3, -0.25) is 28.8 Å². The van der Waals surface area contributed by atoms with Gasteiger partial charge < -0.3 is 20.2 Å². The van der Waals surface area contributed by atoms with Crippen molar-refractivity contribution in [2.75, 3.05) is 33.2 Å². The molecule has 44 heavy (non-hydrogen) atoms. The predicted octanol–water partition coefficient (Wildman–Crippen LogP) is 3.05. The molecule has 1 aromatic carbocycles. The van der Waals surface area contributed by atoms with Crippen LogP contribution in [0.15, 0.2) is 24.3 Å². The average molecular weight is 614 g/mol. The van der Waals surface area contributed by atoms with E-state index in [2.05, 4.69) is 10.2 Å². The summed E-state index contributed by atoms with van der Waals surface area (Å²) in [6.45, 7) is 13.0. The molecule has 242 valence electrons. The largest absolute Gasteiger partial charge is 0.478 e. The highest BCUT2D eigenvalue weighted by Crippen LogP contribution is 2.31. The number of carbonyl (C=O) groups is 7. The van der Waals surface area contributed by atoms with Crippen LogP contribution < -0.4 is 5.32 Å². The SMILES string of the molecule is CC(C)[C@H](CC(=O)[C@H](C)NC(=O)[C@@H](CC(=O)c1cccc(C(=O)O)c1)C(C)(C)C)C(=O)C(=O)CCC(=O)N1CCN(C)CC1. The van der Waals surface area contributed by atoms with Gasteiger partial charge in [-0.1, -0.05) is 46.8 Å². The molecule has 2 N–H and O–H groups in total. The molecule has 3 atom stereocenters. The molecule has 0 radical (unpaired) electrons. The molecule has 2 rings (SSSR count). The number of hydrogen-bond donors (Lipinski definition) is 2. The van der Waals surface area contributed by atoms with Crippen molar-refractivity contribution in [3.63, 3.8) is 0 Å². The summed E-state index contributed by atoms with van der Waals surface area (Å²) < 4.78 is 0. The Morgan fingerprint density at radius 3 is 2.02 bits per heavy atom. The zero-order chi connectivity index (χ0) is 33.4. The highest BCUT2D eigenvalue weighted by molar-refractivity contribution is 6.38. The summed E-state index contributed by atoms with van der Waals surface area (Å²) in [5.41, 5.74) is -0.539. The highest BCUT2D eigenvalue weighted by Gasteiger charge is 2.36. The number of benzene rings is 1. The van der Waals surface area contributed by atoms with Gasteiger partial charge in [0, 0.05) is 63.3 Å². The summed E-state index contributed by atoms with van der Waals surface area (Å²) >= 11 is 0. The van der Waals surface area contributed by atoms with Crippen molar-refractivity contribution in [2.24, 2.45) is 23.2 Å². The Bertz CT molecular complexity index is 1260. The maximum absolute atomic E-state index is 13.3. The monoisotopic (exact) mass is 613 g/mol. The zero-order valence-electron chi connectivity index (χ0n) is 27.0. The fraction of sp³-hybridized carbons (Fsp3) is 0.606. The summed E-state index contributed by atoms with van der Waals surface area (Å²) in [4.78, 5) is 93.0. The number of amides is 2. The third-order valence-electron chi connectivity index (χ3n) is 8.28. The first-order valence-corrected chi connectivity index (χ1v) is 15.1. The molecule has 0 spiro atoms. The third kappa shape index (κ3) is 10.5. The highest BCUT2D eigenvalue weighted by atomic mass is 16.4. The Balaban J connectivity index is 2.02. The van der Waals surface area contributed by atoms with Gasteiger partial charge in [-0.05, 0) is 37.4 Å². The number of nitrogens with one attached hydrogen (secondary N) is 1. The quantitative estimate of drug-likeness (QED) is 0.224. The van der Waals surface area contributed by atoms with Gasteiger partial charge in [0.1, 0.15) is 0 Å². The first-order valence-electron chi connectivity index (χ1n) is 15.1. The van der Waals surface area contributed by atoms with Crippen molar-refractivity contribution in [3.8, 4) is 0 Å². The molecule has 1 aliphatic rings. The van der Waals surface area contributed by atoms with Gasteiger partial charge in [0.05, 0.1) is 17.5 Å². The van der Waals surface area contributed by atoms with E-state index in [1.54, 1.807) is 39.5 Å². The number of piperazine rings is 1. The van der Waals surface area contributed by atoms with Crippen molar-refractivity contribution < 1.29 is 38.7 Å². The van der Waals surface area contributed by atoms with E-state index in [1.807, 2.05) is 7.05 Å². The molecule has 0 saturated carbocycles. The van der Waals surface area contributed by atoms with E-state index in [1.165, 1.54) is 31.2 Å². The molecule has 0 bridgehead atoms. The molecule has 2 amide bonds. The molecule has 0 aliphatic carbocycles. The van der Waals surface area contributed by atoms with Crippen LogP contribution in [0.1, 0.15) is 87.9 Å². The van der Waals surface area contributed by atoms with Crippen LogP contribution in [-0.4, -0.2) is 95.1 Å². The van der Waals surface area contributed by atoms with Gasteiger partial charge in [-0.25, -0.2) is 4.79 Å². The number of carboxylic acids is 1. The molecule has 1 aliphatic heterocycles. The Morgan fingerprint density at radius 2 is 1.48 bits per heavy atom. The second-order valence-electron chi connectivity index (χ2n) is 13.2. The van der Waals surface area contributed by atoms with Crippen LogP contribution in [-0.2, 0) is 24.0 Å². The maximum atomic E-state index is 13.3. The average Bonchev–Trinajstić information content (AvgIpc) is 2.95. The van der Waals surface area contributed by atoms with Crippen LogP contribution in [0.25, 0.3) is 0 Å². The summed E-state index contributed by atoms with van der Waals surface area (Å²) in [6.07, 6.45) is -0.734. The Labute approximate surface area is 259 Å². The molecule has 0 aromatic heterocycles. The van der Waals surface area contributed by atoms with Crippen molar-refractivity contribution in [3.05, 3.63) is 35.4 Å². The van der Waals surface area contributed by atoms with Crippen LogP contribution >= 0.6 is 0 Å². The second-order valence-corrected chi connectivity index (χ2v) is 13.2. The lowest BCUT2D eigenvalue weighted by atomic mass is 9.76. The minimum Gasteiger partial charge on any atom is -0.478 e. The number of rotatable bonds is 15. The van der Waals surface area contributed by atoms with Gasteiger partial charge >= 0.3 is 5.97 Å². The molecular formula is C33H47N3O8. The standard InChI is InChI=1S/C33H47N3O8/c1-20(2)24(30(41)26(37)11-12-29(40)36-15-13-35(7)14-16-36)18-27(38)21(3)34-31(42)25(33(4,5)6)19-28(39)22-9-8-10-23(17-22)32(43)44/h8-10,17,20-21,24-25H,11-16,18-19H2,1-7H3,(H,34,42)(H,43,44)/t21-,24-,25+/m0/s1. The number of aromatic carboxylic acids is 1. The molecule has 1 fully saturated rings. The zero-order valence-corrected chi connectivity index (χ0v) is 27.0. The van der Waals surface area contributed by atoms with E-state index < -0.39 is 58.3 Å². The number of nitrogens with zero attached hydrogens (tertiary/aromatic N) is 2. The molecule has 0 unspecified atom stereocenters. The molecule has 1 saturated heterocycles. The van der Waals surface area contributed by atoms with Crippen LogP contribution in [0.2, 0.25) is 0 Å². The van der Waals surface area contributed by atoms with E-state index >= 15 is 0 Å². The number of ketones is 4. The number of hydrogen-bond acceptors (Lipinski definition) is 8. The van der Waals surface area contributed by atoms with Gasteiger partial charge in [0.2, 0.25) is 17.6 Å². The van der Waals surface area contributed by atoms with Crippen LogP contribution in [0.3, 0.4) is 0 Å². The minimum atomic E-state index is -1.17. The first-order chi connectivity index (χ1) is 20.4. The van der Waals surface area contributed by atoms with Crippen molar-refractivity contribution >= 4 is 40.9 Å². The fourth-order valence-corrected chi connectivity index (χ4v) is 5.10. The summed E-state index contributed by atoms with van der Waals surface area (Å²) in [7, 11) is 1.97. The van der Waals surface area contributed by atoms with Gasteiger partial charge in [0.25, 0.3) is 0 Å². The van der Waals surface area contributed by atoms with E-state index in [4.69, 9.17) is 0 Å². The topological polar surface area (TPSA) is 158 Å².